The predicted octanol–water partition coefficient (Wildman–Crippen LogP) is 2.94. The average molecular weight is 526 g/mol. The number of hydrogen-bond donors (Lipinski definition) is 2. The number of hydrogen-bond acceptors (Lipinski definition) is 7. The molecule has 10 heteroatoms. The van der Waals surface area contributed by atoms with Gasteiger partial charge in [-0.05, 0) is 48.2 Å². The molecule has 2 saturated heterocycles. The van der Waals surface area contributed by atoms with Crippen LogP contribution in [0.1, 0.15) is 34.5 Å². The van der Waals surface area contributed by atoms with Crippen LogP contribution in [0.3, 0.4) is 0 Å². The Morgan fingerprint density at radius 1 is 1.05 bits per heavy atom. The summed E-state index contributed by atoms with van der Waals surface area (Å²) in [5, 5.41) is 12.0. The molecule has 0 atom stereocenters. The fourth-order valence-electron chi connectivity index (χ4n) is 4.89. The predicted molar refractivity (Wildman–Crippen MR) is 143 cm³/mol. The fraction of sp³-hybridized carbons (Fsp3) is 0.444. The smallest absolute Gasteiger partial charge is 0.276 e. The minimum atomic E-state index is -0.505. The van der Waals surface area contributed by atoms with Gasteiger partial charge in [-0.25, -0.2) is 0 Å². The molecular formula is C27H32ClN5O4. The first-order valence-corrected chi connectivity index (χ1v) is 13.1. The minimum absolute atomic E-state index is 0.121. The van der Waals surface area contributed by atoms with Crippen molar-refractivity contribution in [2.45, 2.75) is 32.0 Å². The van der Waals surface area contributed by atoms with Crippen LogP contribution in [0.5, 0.6) is 0 Å². The number of anilines is 1. The number of fused-ring (bicyclic) bond motifs is 1. The third kappa shape index (κ3) is 6.13. The number of carbonyl (C=O) groups excluding carboxylic acids is 1. The standard InChI is InChI=1S/C27H32ClN5O4/c1-32-25-22(26(34)24(31-32)27(35)29-16-18-2-4-20(28)5-3-18)14-19(17-33-8-12-37-13-9-33)15-23(25)30-21-6-10-36-11-7-21/h2-5,14-15,21,30H,6-13,16-17H2,1H3,(H,29,35). The van der Waals surface area contributed by atoms with Gasteiger partial charge < -0.3 is 20.1 Å². The molecule has 37 heavy (non-hydrogen) atoms. The number of carbonyl (C=O) groups is 1. The number of aryl methyl sites for hydroxylation is 1. The molecule has 2 aliphatic heterocycles. The first kappa shape index (κ1) is 25.7. The van der Waals surface area contributed by atoms with Gasteiger partial charge in [-0.2, -0.15) is 5.10 Å². The number of halogens is 1. The molecule has 0 bridgehead atoms. The Hall–Kier alpha value is -2.98. The molecule has 196 valence electrons. The Labute approximate surface area is 220 Å². The summed E-state index contributed by atoms with van der Waals surface area (Å²) in [4.78, 5) is 29.0. The maximum atomic E-state index is 13.6. The summed E-state index contributed by atoms with van der Waals surface area (Å²) in [6.45, 7) is 5.46. The second-order valence-electron chi connectivity index (χ2n) is 9.57. The highest BCUT2D eigenvalue weighted by Gasteiger charge is 2.22. The molecule has 5 rings (SSSR count). The van der Waals surface area contributed by atoms with Crippen molar-refractivity contribution in [3.05, 3.63) is 68.5 Å². The van der Waals surface area contributed by atoms with Crippen LogP contribution in [0, 0.1) is 0 Å². The van der Waals surface area contributed by atoms with E-state index in [-0.39, 0.29) is 23.7 Å². The molecule has 3 heterocycles. The van der Waals surface area contributed by atoms with Crippen molar-refractivity contribution in [1.82, 2.24) is 20.0 Å². The summed E-state index contributed by atoms with van der Waals surface area (Å²) >= 11 is 5.95. The van der Waals surface area contributed by atoms with Crippen molar-refractivity contribution in [2.24, 2.45) is 7.05 Å². The van der Waals surface area contributed by atoms with Crippen molar-refractivity contribution in [2.75, 3.05) is 44.8 Å². The molecule has 0 aliphatic carbocycles. The molecule has 2 fully saturated rings. The molecule has 2 N–H and O–H groups in total. The SMILES string of the molecule is Cn1nc(C(=O)NCc2ccc(Cl)cc2)c(=O)c2cc(CN3CCOCC3)cc(NC3CCOCC3)c21. The van der Waals surface area contributed by atoms with Crippen LogP contribution in [0.15, 0.2) is 41.2 Å². The van der Waals surface area contributed by atoms with Gasteiger partial charge in [0.05, 0.1) is 29.8 Å². The van der Waals surface area contributed by atoms with Gasteiger partial charge in [0.25, 0.3) is 5.91 Å². The number of ether oxygens (including phenoxy) is 2. The quantitative estimate of drug-likeness (QED) is 0.489. The molecule has 0 unspecified atom stereocenters. The van der Waals surface area contributed by atoms with E-state index < -0.39 is 5.91 Å². The van der Waals surface area contributed by atoms with Gasteiger partial charge in [0.1, 0.15) is 0 Å². The second-order valence-corrected chi connectivity index (χ2v) is 10.0. The average Bonchev–Trinajstić information content (AvgIpc) is 2.91. The highest BCUT2D eigenvalue weighted by atomic mass is 35.5. The lowest BCUT2D eigenvalue weighted by molar-refractivity contribution is 0.0342. The van der Waals surface area contributed by atoms with Crippen molar-refractivity contribution < 1.29 is 14.3 Å². The normalized spacial score (nSPS) is 17.1. The molecule has 0 saturated carbocycles. The third-order valence-electron chi connectivity index (χ3n) is 6.88. The van der Waals surface area contributed by atoms with Crippen LogP contribution in [-0.4, -0.2) is 66.1 Å². The Morgan fingerprint density at radius 2 is 1.76 bits per heavy atom. The monoisotopic (exact) mass is 525 g/mol. The summed E-state index contributed by atoms with van der Waals surface area (Å²) in [5.41, 5.74) is 2.94. The van der Waals surface area contributed by atoms with Crippen LogP contribution in [0.2, 0.25) is 5.02 Å². The highest BCUT2D eigenvalue weighted by Crippen LogP contribution is 2.27. The Bertz CT molecular complexity index is 1320. The van der Waals surface area contributed by atoms with Gasteiger partial charge in [0.15, 0.2) is 5.69 Å². The van der Waals surface area contributed by atoms with Crippen LogP contribution in [0.25, 0.3) is 10.9 Å². The van der Waals surface area contributed by atoms with Gasteiger partial charge in [-0.1, -0.05) is 23.7 Å². The van der Waals surface area contributed by atoms with Crippen molar-refractivity contribution >= 4 is 34.1 Å². The third-order valence-corrected chi connectivity index (χ3v) is 7.13. The fourth-order valence-corrected chi connectivity index (χ4v) is 5.01. The summed E-state index contributed by atoms with van der Waals surface area (Å²) < 4.78 is 12.6. The zero-order chi connectivity index (χ0) is 25.8. The molecule has 2 aromatic carbocycles. The van der Waals surface area contributed by atoms with E-state index in [4.69, 9.17) is 21.1 Å². The number of nitrogens with zero attached hydrogens (tertiary/aromatic N) is 3. The molecular weight excluding hydrogens is 494 g/mol. The van der Waals surface area contributed by atoms with E-state index in [0.29, 0.717) is 48.9 Å². The zero-order valence-electron chi connectivity index (χ0n) is 21.0. The molecule has 1 amide bonds. The zero-order valence-corrected chi connectivity index (χ0v) is 21.7. The number of benzene rings is 2. The first-order chi connectivity index (χ1) is 18.0. The molecule has 2 aliphatic rings. The van der Waals surface area contributed by atoms with E-state index in [2.05, 4.69) is 26.7 Å². The van der Waals surface area contributed by atoms with Crippen molar-refractivity contribution in [3.8, 4) is 0 Å². The molecule has 0 spiro atoms. The summed E-state index contributed by atoms with van der Waals surface area (Å²) in [5.74, 6) is -0.505. The maximum Gasteiger partial charge on any atom is 0.276 e. The van der Waals surface area contributed by atoms with Crippen molar-refractivity contribution in [1.29, 1.82) is 0 Å². The minimum Gasteiger partial charge on any atom is -0.381 e. The Kier molecular flexibility index (Phi) is 8.05. The van der Waals surface area contributed by atoms with Crippen LogP contribution >= 0.6 is 11.6 Å². The number of morpholine rings is 1. The largest absolute Gasteiger partial charge is 0.381 e. The van der Waals surface area contributed by atoms with E-state index in [1.54, 1.807) is 23.9 Å². The van der Waals surface area contributed by atoms with Gasteiger partial charge >= 0.3 is 0 Å². The lowest BCUT2D eigenvalue weighted by atomic mass is 10.0. The lowest BCUT2D eigenvalue weighted by Gasteiger charge is -2.28. The Morgan fingerprint density at radius 3 is 2.49 bits per heavy atom. The van der Waals surface area contributed by atoms with Gasteiger partial charge in [-0.3, -0.25) is 19.2 Å². The molecule has 0 radical (unpaired) electrons. The number of rotatable bonds is 7. The van der Waals surface area contributed by atoms with Gasteiger partial charge in [0.2, 0.25) is 5.43 Å². The first-order valence-electron chi connectivity index (χ1n) is 12.7. The van der Waals surface area contributed by atoms with Gasteiger partial charge in [-0.15, -0.1) is 0 Å². The lowest BCUT2D eigenvalue weighted by Crippen LogP contribution is -2.36. The number of aromatic nitrogens is 2. The number of nitrogens with one attached hydrogen (secondary N) is 2. The van der Waals surface area contributed by atoms with Crippen LogP contribution in [0.4, 0.5) is 5.69 Å². The summed E-state index contributed by atoms with van der Waals surface area (Å²) in [6.07, 6.45) is 1.78. The van der Waals surface area contributed by atoms with E-state index in [0.717, 1.165) is 42.7 Å². The van der Waals surface area contributed by atoms with E-state index in [9.17, 15) is 9.59 Å². The van der Waals surface area contributed by atoms with E-state index in [1.165, 1.54) is 0 Å². The summed E-state index contributed by atoms with van der Waals surface area (Å²) in [6, 6.07) is 11.4. The molecule has 3 aromatic rings. The van der Waals surface area contributed by atoms with Crippen LogP contribution in [-0.2, 0) is 29.6 Å². The van der Waals surface area contributed by atoms with E-state index >= 15 is 0 Å². The Balaban J connectivity index is 1.48. The highest BCUT2D eigenvalue weighted by molar-refractivity contribution is 6.30. The summed E-state index contributed by atoms with van der Waals surface area (Å²) in [7, 11) is 1.77. The number of amides is 1. The van der Waals surface area contributed by atoms with Crippen molar-refractivity contribution in [3.63, 3.8) is 0 Å². The second kappa shape index (κ2) is 11.6. The topological polar surface area (TPSA) is 97.7 Å². The molecule has 1 aromatic heterocycles. The van der Waals surface area contributed by atoms with Gasteiger partial charge in [0, 0.05) is 57.5 Å². The molecule has 9 nitrogen and oxygen atoms in total. The van der Waals surface area contributed by atoms with Crippen LogP contribution < -0.4 is 16.1 Å². The van der Waals surface area contributed by atoms with E-state index in [1.807, 2.05) is 18.2 Å². The maximum absolute atomic E-state index is 13.6.